The van der Waals surface area contributed by atoms with Crippen LogP contribution in [0.25, 0.3) is 11.0 Å². The molecule has 4 aromatic rings. The van der Waals surface area contributed by atoms with Gasteiger partial charge in [-0.3, -0.25) is 9.59 Å². The van der Waals surface area contributed by atoms with Gasteiger partial charge in [0.15, 0.2) is 0 Å². The fourth-order valence-corrected chi connectivity index (χ4v) is 5.35. The Morgan fingerprint density at radius 3 is 2.43 bits per heavy atom. The molecule has 0 bridgehead atoms. The van der Waals surface area contributed by atoms with Crippen molar-refractivity contribution in [1.82, 2.24) is 9.55 Å². The zero-order valence-electron chi connectivity index (χ0n) is 19.2. The zero-order valence-corrected chi connectivity index (χ0v) is 19.9. The second-order valence-corrected chi connectivity index (χ2v) is 9.57. The molecule has 1 aliphatic carbocycles. The Morgan fingerprint density at radius 2 is 1.74 bits per heavy atom. The van der Waals surface area contributed by atoms with E-state index in [0.29, 0.717) is 16.2 Å². The highest BCUT2D eigenvalue weighted by Crippen LogP contribution is 2.42. The maximum atomic E-state index is 13.5. The number of amides is 1. The van der Waals surface area contributed by atoms with Crippen LogP contribution >= 0.6 is 11.6 Å². The number of carbonyl (C=O) groups excluding carboxylic acids is 1. The number of hydrogen-bond donors (Lipinski definition) is 2. The van der Waals surface area contributed by atoms with Gasteiger partial charge in [-0.2, -0.15) is 0 Å². The average molecular weight is 488 g/mol. The molecule has 6 nitrogen and oxygen atoms in total. The highest BCUT2D eigenvalue weighted by atomic mass is 35.5. The molecule has 7 heteroatoms. The third kappa shape index (κ3) is 4.54. The largest absolute Gasteiger partial charge is 0.481 e. The molecule has 0 aliphatic heterocycles. The van der Waals surface area contributed by atoms with Crippen molar-refractivity contribution in [3.8, 4) is 0 Å². The van der Waals surface area contributed by atoms with Crippen molar-refractivity contribution in [2.45, 2.75) is 43.6 Å². The van der Waals surface area contributed by atoms with E-state index in [1.165, 1.54) is 0 Å². The van der Waals surface area contributed by atoms with E-state index in [9.17, 15) is 14.7 Å². The van der Waals surface area contributed by atoms with Gasteiger partial charge in [-0.25, -0.2) is 4.98 Å². The molecule has 0 radical (unpaired) electrons. The van der Waals surface area contributed by atoms with Gasteiger partial charge in [0.1, 0.15) is 0 Å². The fourth-order valence-electron chi connectivity index (χ4n) is 5.22. The quantitative estimate of drug-likeness (QED) is 0.325. The minimum absolute atomic E-state index is 0.0239. The molecule has 1 saturated carbocycles. The minimum atomic E-state index is -0.881. The van der Waals surface area contributed by atoms with Crippen molar-refractivity contribution in [2.75, 3.05) is 5.32 Å². The van der Waals surface area contributed by atoms with Crippen LogP contribution in [0, 0.1) is 0 Å². The number of imidazole rings is 1. The Kier molecular flexibility index (Phi) is 6.31. The number of rotatable bonds is 7. The zero-order chi connectivity index (χ0) is 24.4. The van der Waals surface area contributed by atoms with Crippen molar-refractivity contribution in [2.24, 2.45) is 0 Å². The summed E-state index contributed by atoms with van der Waals surface area (Å²) < 4.78 is 1.89. The molecular weight excluding hydrogens is 462 g/mol. The maximum Gasteiger partial charge on any atom is 0.305 e. The van der Waals surface area contributed by atoms with Crippen LogP contribution in [0.5, 0.6) is 0 Å². The van der Waals surface area contributed by atoms with Crippen molar-refractivity contribution in [3.05, 3.63) is 95.3 Å². The van der Waals surface area contributed by atoms with Crippen LogP contribution in [0.2, 0.25) is 5.02 Å². The van der Waals surface area contributed by atoms with Crippen LogP contribution < -0.4 is 5.32 Å². The predicted molar refractivity (Wildman–Crippen MR) is 137 cm³/mol. The monoisotopic (exact) mass is 487 g/mol. The SMILES string of the molecule is O=C(O)CC(c1ccccc1)n1cnc2cc(NC(=O)C3(c4ccc(Cl)cc4)CCCC3)ccc21. The summed E-state index contributed by atoms with van der Waals surface area (Å²) in [5.74, 6) is -0.905. The fraction of sp³-hybridized carbons (Fsp3) is 0.250. The van der Waals surface area contributed by atoms with Crippen LogP contribution in [0.3, 0.4) is 0 Å². The number of anilines is 1. The molecule has 3 aromatic carbocycles. The van der Waals surface area contributed by atoms with Crippen LogP contribution in [0.4, 0.5) is 5.69 Å². The first-order valence-electron chi connectivity index (χ1n) is 11.8. The number of hydrogen-bond acceptors (Lipinski definition) is 3. The van der Waals surface area contributed by atoms with Crippen LogP contribution in [0.15, 0.2) is 79.1 Å². The summed E-state index contributed by atoms with van der Waals surface area (Å²) >= 11 is 6.08. The van der Waals surface area contributed by atoms with Crippen molar-refractivity contribution in [3.63, 3.8) is 0 Å². The molecule has 35 heavy (non-hydrogen) atoms. The number of halogens is 1. The standard InChI is InChI=1S/C28H26ClN3O3/c29-21-10-8-20(9-11-21)28(14-4-5-15-28)27(35)31-22-12-13-24-23(16-22)30-18-32(24)25(17-26(33)34)19-6-2-1-3-7-19/h1-3,6-13,16,18,25H,4-5,14-15,17H2,(H,31,35)(H,33,34). The summed E-state index contributed by atoms with van der Waals surface area (Å²) in [6, 6.07) is 22.3. The number of benzene rings is 3. The van der Waals surface area contributed by atoms with Crippen LogP contribution in [-0.2, 0) is 15.0 Å². The number of fused-ring (bicyclic) bond motifs is 1. The Labute approximate surface area is 208 Å². The van der Waals surface area contributed by atoms with Gasteiger partial charge in [0.25, 0.3) is 0 Å². The Balaban J connectivity index is 1.44. The predicted octanol–water partition coefficient (Wildman–Crippen LogP) is 6.20. The van der Waals surface area contributed by atoms with Gasteiger partial charge in [-0.05, 0) is 54.3 Å². The average Bonchev–Trinajstić information content (AvgIpc) is 3.52. The smallest absolute Gasteiger partial charge is 0.305 e. The summed E-state index contributed by atoms with van der Waals surface area (Å²) in [5, 5.41) is 13.3. The highest BCUT2D eigenvalue weighted by Gasteiger charge is 2.42. The van der Waals surface area contributed by atoms with Crippen molar-refractivity contribution >= 4 is 40.2 Å². The van der Waals surface area contributed by atoms with E-state index in [1.54, 1.807) is 6.33 Å². The van der Waals surface area contributed by atoms with Gasteiger partial charge in [-0.1, -0.05) is 66.9 Å². The number of carboxylic acid groups (broad SMARTS) is 1. The highest BCUT2D eigenvalue weighted by molar-refractivity contribution is 6.30. The molecule has 5 rings (SSSR count). The van der Waals surface area contributed by atoms with Gasteiger partial charge < -0.3 is 15.0 Å². The lowest BCUT2D eigenvalue weighted by Gasteiger charge is -2.28. The van der Waals surface area contributed by atoms with Gasteiger partial charge in [0, 0.05) is 10.7 Å². The lowest BCUT2D eigenvalue weighted by Crippen LogP contribution is -2.37. The number of aliphatic carboxylic acids is 1. The second kappa shape index (κ2) is 9.55. The molecule has 0 saturated heterocycles. The summed E-state index contributed by atoms with van der Waals surface area (Å²) in [6.07, 6.45) is 5.21. The van der Waals surface area contributed by atoms with Gasteiger partial charge in [0.05, 0.1) is 35.2 Å². The van der Waals surface area contributed by atoms with Crippen LogP contribution in [-0.4, -0.2) is 26.5 Å². The van der Waals surface area contributed by atoms with E-state index in [-0.39, 0.29) is 18.4 Å². The lowest BCUT2D eigenvalue weighted by molar-refractivity contribution is -0.137. The maximum absolute atomic E-state index is 13.5. The van der Waals surface area contributed by atoms with Crippen molar-refractivity contribution in [1.29, 1.82) is 0 Å². The number of carbonyl (C=O) groups is 2. The minimum Gasteiger partial charge on any atom is -0.481 e. The molecular formula is C28H26ClN3O3. The molecule has 0 spiro atoms. The Morgan fingerprint density at radius 1 is 1.03 bits per heavy atom. The molecule has 1 fully saturated rings. The van der Waals surface area contributed by atoms with E-state index in [0.717, 1.165) is 42.3 Å². The Bertz CT molecular complexity index is 1360. The number of carboxylic acids is 1. The van der Waals surface area contributed by atoms with Crippen molar-refractivity contribution < 1.29 is 14.7 Å². The normalized spacial score (nSPS) is 15.7. The summed E-state index contributed by atoms with van der Waals surface area (Å²) in [4.78, 5) is 29.7. The van der Waals surface area contributed by atoms with Crippen LogP contribution in [0.1, 0.15) is 49.3 Å². The van der Waals surface area contributed by atoms with Gasteiger partial charge >= 0.3 is 5.97 Å². The van der Waals surface area contributed by atoms with E-state index in [2.05, 4.69) is 10.3 Å². The van der Waals surface area contributed by atoms with E-state index >= 15 is 0 Å². The third-order valence-corrected chi connectivity index (χ3v) is 7.26. The molecule has 1 aliphatic rings. The summed E-state index contributed by atoms with van der Waals surface area (Å²) in [7, 11) is 0. The number of aromatic nitrogens is 2. The van der Waals surface area contributed by atoms with Gasteiger partial charge in [-0.15, -0.1) is 0 Å². The molecule has 178 valence electrons. The molecule has 1 unspecified atom stereocenters. The first-order chi connectivity index (χ1) is 17.0. The summed E-state index contributed by atoms with van der Waals surface area (Å²) in [5.41, 5.74) is 3.49. The third-order valence-electron chi connectivity index (χ3n) is 7.01. The molecule has 1 amide bonds. The first kappa shape index (κ1) is 23.1. The van der Waals surface area contributed by atoms with E-state index < -0.39 is 11.4 Å². The first-order valence-corrected chi connectivity index (χ1v) is 12.1. The second-order valence-electron chi connectivity index (χ2n) is 9.13. The number of nitrogens with one attached hydrogen (secondary N) is 1. The number of nitrogens with zero attached hydrogens (tertiary/aromatic N) is 2. The summed E-state index contributed by atoms with van der Waals surface area (Å²) in [6.45, 7) is 0. The Hall–Kier alpha value is -3.64. The van der Waals surface area contributed by atoms with E-state index in [1.807, 2.05) is 77.4 Å². The van der Waals surface area contributed by atoms with E-state index in [4.69, 9.17) is 11.6 Å². The molecule has 1 aromatic heterocycles. The molecule has 2 N–H and O–H groups in total. The molecule has 1 heterocycles. The lowest BCUT2D eigenvalue weighted by atomic mass is 9.78. The molecule has 1 atom stereocenters. The van der Waals surface area contributed by atoms with Gasteiger partial charge in [0.2, 0.25) is 5.91 Å². The topological polar surface area (TPSA) is 84.2 Å².